The predicted octanol–water partition coefficient (Wildman–Crippen LogP) is 0.236. The Hall–Kier alpha value is -2.84. The minimum atomic E-state index is -4.44. The minimum absolute atomic E-state index is 0.0759. The van der Waals surface area contributed by atoms with Crippen LogP contribution in [-0.2, 0) is 6.18 Å². The van der Waals surface area contributed by atoms with Gasteiger partial charge >= 0.3 is 12.1 Å². The number of hydrogen-bond donors (Lipinski definition) is 4. The van der Waals surface area contributed by atoms with Gasteiger partial charge in [-0.25, -0.2) is 9.98 Å². The number of benzene rings is 1. The molecular weight excluding hydrogens is 299 g/mol. The molecular formula is C13H13F3N5O+. The Morgan fingerprint density at radius 1 is 1.36 bits per heavy atom. The van der Waals surface area contributed by atoms with Crippen LogP contribution in [0.25, 0.3) is 0 Å². The van der Waals surface area contributed by atoms with E-state index in [0.717, 1.165) is 12.1 Å². The second-order valence-corrected chi connectivity index (χ2v) is 4.48. The maximum Gasteiger partial charge on any atom is 0.416 e. The second kappa shape index (κ2) is 5.88. The smallest absolute Gasteiger partial charge is 0.322 e. The average molecular weight is 312 g/mol. The molecule has 9 heteroatoms. The first-order valence-corrected chi connectivity index (χ1v) is 6.16. The lowest BCUT2D eigenvalue weighted by Gasteiger charge is -2.08. The van der Waals surface area contributed by atoms with Gasteiger partial charge in [-0.3, -0.25) is 10.1 Å². The van der Waals surface area contributed by atoms with Gasteiger partial charge in [0.2, 0.25) is 0 Å². The van der Waals surface area contributed by atoms with Gasteiger partial charge in [0, 0.05) is 6.07 Å². The number of aryl methyl sites for hydroxylation is 1. The van der Waals surface area contributed by atoms with Crippen LogP contribution in [0, 0.1) is 6.92 Å². The lowest BCUT2D eigenvalue weighted by atomic mass is 10.2. The average Bonchev–Trinajstić information content (AvgIpc) is 2.36. The number of guanidine groups is 1. The number of nitrogens with one attached hydrogen (secondary N) is 3. The van der Waals surface area contributed by atoms with Crippen LogP contribution in [0.1, 0.15) is 11.3 Å². The molecule has 0 saturated heterocycles. The van der Waals surface area contributed by atoms with E-state index in [-0.39, 0.29) is 23.2 Å². The molecule has 0 amide bonds. The van der Waals surface area contributed by atoms with Gasteiger partial charge in [0.05, 0.1) is 16.9 Å². The monoisotopic (exact) mass is 312 g/mol. The van der Waals surface area contributed by atoms with E-state index < -0.39 is 11.7 Å². The summed E-state index contributed by atoms with van der Waals surface area (Å²) in [6, 6.07) is 5.85. The van der Waals surface area contributed by atoms with Crippen LogP contribution < -0.4 is 21.6 Å². The highest BCUT2D eigenvalue weighted by Gasteiger charge is 2.30. The molecule has 0 unspecified atom stereocenters. The molecule has 1 heterocycles. The summed E-state index contributed by atoms with van der Waals surface area (Å²) >= 11 is 0. The Labute approximate surface area is 122 Å². The van der Waals surface area contributed by atoms with Crippen LogP contribution in [0.2, 0.25) is 0 Å². The fourth-order valence-electron chi connectivity index (χ4n) is 1.73. The summed E-state index contributed by atoms with van der Waals surface area (Å²) in [5.41, 5.74) is 5.09. The van der Waals surface area contributed by atoms with E-state index in [1.54, 1.807) is 6.92 Å². The normalized spacial score (nSPS) is 12.3. The molecule has 2 rings (SSSR count). The number of rotatable bonds is 2. The van der Waals surface area contributed by atoms with Crippen molar-refractivity contribution in [2.75, 3.05) is 5.32 Å². The van der Waals surface area contributed by atoms with Gasteiger partial charge in [0.15, 0.2) is 0 Å². The van der Waals surface area contributed by atoms with E-state index in [4.69, 9.17) is 5.73 Å². The summed E-state index contributed by atoms with van der Waals surface area (Å²) in [5.74, 6) is 0.00931. The SMILES string of the molecule is Cc1cc(=O)[nH]c([NH+]=C(N)Nc2cccc(C(F)(F)F)c2)n1. The second-order valence-electron chi connectivity index (χ2n) is 4.48. The van der Waals surface area contributed by atoms with E-state index in [9.17, 15) is 18.0 Å². The molecule has 0 aliphatic rings. The van der Waals surface area contributed by atoms with Crippen LogP contribution >= 0.6 is 0 Å². The van der Waals surface area contributed by atoms with Crippen LogP contribution in [0.4, 0.5) is 24.8 Å². The third-order valence-electron chi connectivity index (χ3n) is 2.59. The minimum Gasteiger partial charge on any atom is -0.322 e. The highest BCUT2D eigenvalue weighted by atomic mass is 19.4. The van der Waals surface area contributed by atoms with E-state index in [0.29, 0.717) is 5.69 Å². The van der Waals surface area contributed by atoms with Gasteiger partial charge in [-0.1, -0.05) is 6.07 Å². The van der Waals surface area contributed by atoms with Crippen molar-refractivity contribution < 1.29 is 18.2 Å². The van der Waals surface area contributed by atoms with E-state index >= 15 is 0 Å². The summed E-state index contributed by atoms with van der Waals surface area (Å²) in [4.78, 5) is 20.2. The summed E-state index contributed by atoms with van der Waals surface area (Å²) in [5, 5.41) is 2.56. The zero-order valence-electron chi connectivity index (χ0n) is 11.5. The molecule has 116 valence electrons. The van der Waals surface area contributed by atoms with E-state index in [1.807, 2.05) is 0 Å². The molecule has 2 aromatic rings. The fourth-order valence-corrected chi connectivity index (χ4v) is 1.73. The zero-order valence-corrected chi connectivity index (χ0v) is 11.5. The van der Waals surface area contributed by atoms with Crippen molar-refractivity contribution in [2.45, 2.75) is 13.1 Å². The molecule has 0 saturated carbocycles. The topological polar surface area (TPSA) is 97.8 Å². The predicted molar refractivity (Wildman–Crippen MR) is 74.5 cm³/mol. The van der Waals surface area contributed by atoms with E-state index in [2.05, 4.69) is 20.3 Å². The quantitative estimate of drug-likeness (QED) is 0.471. The Kier molecular flexibility index (Phi) is 4.15. The number of halogens is 3. The molecule has 0 fully saturated rings. The Morgan fingerprint density at radius 3 is 2.73 bits per heavy atom. The van der Waals surface area contributed by atoms with Gasteiger partial charge in [-0.05, 0) is 25.1 Å². The molecule has 0 radical (unpaired) electrons. The number of aromatic amines is 1. The fraction of sp³-hybridized carbons (Fsp3) is 0.154. The first kappa shape index (κ1) is 15.5. The Bertz CT molecular complexity index is 767. The molecule has 1 aromatic heterocycles. The number of H-pyrrole nitrogens is 1. The first-order chi connectivity index (χ1) is 10.2. The molecule has 0 aliphatic heterocycles. The third-order valence-corrected chi connectivity index (χ3v) is 2.59. The lowest BCUT2D eigenvalue weighted by molar-refractivity contribution is -0.365. The number of aromatic nitrogens is 2. The van der Waals surface area contributed by atoms with Crippen molar-refractivity contribution in [3.8, 4) is 0 Å². The molecule has 0 atom stereocenters. The molecule has 0 spiro atoms. The maximum absolute atomic E-state index is 12.6. The first-order valence-electron chi connectivity index (χ1n) is 6.16. The number of anilines is 1. The molecule has 22 heavy (non-hydrogen) atoms. The van der Waals surface area contributed by atoms with Crippen LogP contribution in [0.15, 0.2) is 35.1 Å². The zero-order chi connectivity index (χ0) is 16.3. The van der Waals surface area contributed by atoms with Crippen molar-refractivity contribution in [2.24, 2.45) is 5.73 Å². The number of nitrogens with zero attached hydrogens (tertiary/aromatic N) is 1. The highest BCUT2D eigenvalue weighted by molar-refractivity contribution is 5.88. The lowest BCUT2D eigenvalue weighted by Crippen LogP contribution is -2.73. The van der Waals surface area contributed by atoms with Gasteiger partial charge < -0.3 is 5.73 Å². The number of hydrogen-bond acceptors (Lipinski definition) is 2. The van der Waals surface area contributed by atoms with Crippen molar-refractivity contribution in [1.29, 1.82) is 0 Å². The molecule has 0 bridgehead atoms. The standard InChI is InChI=1S/C13H12F3N5O/c1-7-5-10(22)20-12(18-7)21-11(17)19-9-4-2-3-8(6-9)13(14,15)16/h2-6H,1H3,(H4,17,18,19,20,21,22)/p+1. The number of alkyl halides is 3. The summed E-state index contributed by atoms with van der Waals surface area (Å²) in [6.45, 7) is 1.62. The molecule has 1 aromatic carbocycles. The maximum atomic E-state index is 12.6. The largest absolute Gasteiger partial charge is 0.416 e. The molecule has 0 aliphatic carbocycles. The van der Waals surface area contributed by atoms with Crippen LogP contribution in [0.3, 0.4) is 0 Å². The van der Waals surface area contributed by atoms with Crippen LogP contribution in [-0.4, -0.2) is 15.9 Å². The van der Waals surface area contributed by atoms with Crippen molar-refractivity contribution in [3.05, 3.63) is 51.9 Å². The van der Waals surface area contributed by atoms with Crippen molar-refractivity contribution >= 4 is 17.6 Å². The van der Waals surface area contributed by atoms with Gasteiger partial charge in [0.25, 0.3) is 11.5 Å². The third kappa shape index (κ3) is 4.08. The summed E-state index contributed by atoms with van der Waals surface area (Å²) < 4.78 is 37.8. The van der Waals surface area contributed by atoms with Gasteiger partial charge in [0.1, 0.15) is 0 Å². The summed E-state index contributed by atoms with van der Waals surface area (Å²) in [6.07, 6.45) is -4.44. The summed E-state index contributed by atoms with van der Waals surface area (Å²) in [7, 11) is 0. The van der Waals surface area contributed by atoms with Crippen LogP contribution in [0.5, 0.6) is 0 Å². The van der Waals surface area contributed by atoms with Crippen molar-refractivity contribution in [3.63, 3.8) is 0 Å². The van der Waals surface area contributed by atoms with E-state index in [1.165, 1.54) is 18.2 Å². The Morgan fingerprint density at radius 2 is 2.09 bits per heavy atom. The highest BCUT2D eigenvalue weighted by Crippen LogP contribution is 2.30. The molecule has 5 N–H and O–H groups in total. The van der Waals surface area contributed by atoms with Crippen molar-refractivity contribution in [1.82, 2.24) is 9.97 Å². The molecule has 6 nitrogen and oxygen atoms in total. The number of nitrogens with two attached hydrogens (primary N) is 1. The van der Waals surface area contributed by atoms with Gasteiger partial charge in [-0.2, -0.15) is 13.2 Å². The Balaban J connectivity index is 2.23. The van der Waals surface area contributed by atoms with Gasteiger partial charge in [-0.15, -0.1) is 4.98 Å².